The van der Waals surface area contributed by atoms with Crippen LogP contribution in [0.15, 0.2) is 18.2 Å². The molecule has 0 aromatic heterocycles. The second-order valence-electron chi connectivity index (χ2n) is 8.35. The van der Waals surface area contributed by atoms with Gasteiger partial charge in [-0.15, -0.1) is 0 Å². The SMILES string of the molecule is COCOc1ccc(C)c(NC(C)CC(O)CCC(O)CCC(O)CCC(C)O)c1. The van der Waals surface area contributed by atoms with E-state index in [9.17, 15) is 20.4 Å². The van der Waals surface area contributed by atoms with E-state index in [1.54, 1.807) is 14.0 Å². The Morgan fingerprint density at radius 1 is 0.867 bits per heavy atom. The maximum atomic E-state index is 10.3. The third-order valence-electron chi connectivity index (χ3n) is 5.16. The summed E-state index contributed by atoms with van der Waals surface area (Å²) >= 11 is 0. The minimum Gasteiger partial charge on any atom is -0.467 e. The summed E-state index contributed by atoms with van der Waals surface area (Å²) in [6.45, 7) is 5.92. The van der Waals surface area contributed by atoms with E-state index < -0.39 is 24.4 Å². The molecule has 0 radical (unpaired) electrons. The van der Waals surface area contributed by atoms with Gasteiger partial charge in [-0.05, 0) is 77.3 Å². The number of anilines is 1. The van der Waals surface area contributed by atoms with Crippen molar-refractivity contribution in [3.63, 3.8) is 0 Å². The normalized spacial score (nSPS) is 16.5. The second-order valence-corrected chi connectivity index (χ2v) is 8.35. The molecule has 0 aliphatic heterocycles. The summed E-state index contributed by atoms with van der Waals surface area (Å²) in [7, 11) is 1.58. The molecule has 0 fully saturated rings. The van der Waals surface area contributed by atoms with Crippen LogP contribution in [0.2, 0.25) is 0 Å². The number of aryl methyl sites for hydroxylation is 1. The maximum Gasteiger partial charge on any atom is 0.188 e. The minimum absolute atomic E-state index is 0.0517. The fourth-order valence-corrected chi connectivity index (χ4v) is 3.32. The van der Waals surface area contributed by atoms with Gasteiger partial charge in [-0.1, -0.05) is 6.07 Å². The van der Waals surface area contributed by atoms with Gasteiger partial charge in [-0.3, -0.25) is 0 Å². The predicted molar refractivity (Wildman–Crippen MR) is 119 cm³/mol. The molecule has 30 heavy (non-hydrogen) atoms. The largest absolute Gasteiger partial charge is 0.467 e. The van der Waals surface area contributed by atoms with Crippen molar-refractivity contribution in [2.24, 2.45) is 0 Å². The first-order valence-corrected chi connectivity index (χ1v) is 10.9. The first-order chi connectivity index (χ1) is 14.2. The number of aliphatic hydroxyl groups is 4. The van der Waals surface area contributed by atoms with Crippen molar-refractivity contribution >= 4 is 5.69 Å². The molecule has 5 atom stereocenters. The summed E-state index contributed by atoms with van der Waals surface area (Å²) in [4.78, 5) is 0. The standard InChI is InChI=1S/C23H41NO6/c1-16-5-12-22(30-15-29-4)14-23(16)24-17(2)13-21(28)11-10-20(27)9-8-19(26)7-6-18(3)25/h5,12,14,17-21,24-28H,6-11,13,15H2,1-4H3. The molecule has 0 bridgehead atoms. The first kappa shape index (κ1) is 26.7. The van der Waals surface area contributed by atoms with E-state index >= 15 is 0 Å². The summed E-state index contributed by atoms with van der Waals surface area (Å²) in [5, 5.41) is 43.0. The van der Waals surface area contributed by atoms with E-state index in [0.717, 1.165) is 17.0 Å². The number of ether oxygens (including phenoxy) is 2. The third kappa shape index (κ3) is 11.7. The molecule has 0 saturated carbocycles. The van der Waals surface area contributed by atoms with Gasteiger partial charge in [0.15, 0.2) is 6.79 Å². The lowest BCUT2D eigenvalue weighted by Crippen LogP contribution is -2.24. The Labute approximate surface area is 181 Å². The van der Waals surface area contributed by atoms with Crippen LogP contribution < -0.4 is 10.1 Å². The molecule has 0 aliphatic rings. The average molecular weight is 428 g/mol. The van der Waals surface area contributed by atoms with Crippen molar-refractivity contribution in [2.45, 2.75) is 96.2 Å². The lowest BCUT2D eigenvalue weighted by atomic mass is 9.99. The van der Waals surface area contributed by atoms with Gasteiger partial charge >= 0.3 is 0 Å². The zero-order valence-corrected chi connectivity index (χ0v) is 18.9. The average Bonchev–Trinajstić information content (AvgIpc) is 2.69. The number of methoxy groups -OCH3 is 1. The summed E-state index contributed by atoms with van der Waals surface area (Å²) < 4.78 is 10.4. The highest BCUT2D eigenvalue weighted by atomic mass is 16.7. The van der Waals surface area contributed by atoms with E-state index in [1.165, 1.54) is 0 Å². The van der Waals surface area contributed by atoms with Crippen molar-refractivity contribution in [3.05, 3.63) is 23.8 Å². The van der Waals surface area contributed by atoms with E-state index in [1.807, 2.05) is 32.0 Å². The molecule has 0 spiro atoms. The molecule has 7 nitrogen and oxygen atoms in total. The van der Waals surface area contributed by atoms with Crippen LogP contribution in [0.3, 0.4) is 0 Å². The molecule has 7 heteroatoms. The number of hydrogen-bond acceptors (Lipinski definition) is 7. The van der Waals surface area contributed by atoms with Crippen LogP contribution in [-0.4, -0.2) is 64.8 Å². The Morgan fingerprint density at radius 2 is 1.43 bits per heavy atom. The van der Waals surface area contributed by atoms with Crippen molar-refractivity contribution < 1.29 is 29.9 Å². The summed E-state index contributed by atoms with van der Waals surface area (Å²) in [6, 6.07) is 5.84. The molecular weight excluding hydrogens is 386 g/mol. The fraction of sp³-hybridized carbons (Fsp3) is 0.739. The first-order valence-electron chi connectivity index (χ1n) is 10.9. The molecule has 5 unspecified atom stereocenters. The van der Waals surface area contributed by atoms with E-state index in [0.29, 0.717) is 44.9 Å². The van der Waals surface area contributed by atoms with Crippen LogP contribution in [0.5, 0.6) is 5.75 Å². The van der Waals surface area contributed by atoms with Crippen molar-refractivity contribution in [3.8, 4) is 5.75 Å². The van der Waals surface area contributed by atoms with Gasteiger partial charge in [-0.25, -0.2) is 0 Å². The summed E-state index contributed by atoms with van der Waals surface area (Å²) in [5.41, 5.74) is 2.04. The fourth-order valence-electron chi connectivity index (χ4n) is 3.32. The molecule has 0 heterocycles. The molecule has 0 amide bonds. The zero-order valence-electron chi connectivity index (χ0n) is 18.9. The van der Waals surface area contributed by atoms with Gasteiger partial charge in [0.05, 0.1) is 24.4 Å². The quantitative estimate of drug-likeness (QED) is 0.258. The maximum absolute atomic E-state index is 10.3. The Hall–Kier alpha value is -1.38. The van der Waals surface area contributed by atoms with Gasteiger partial charge in [0.25, 0.3) is 0 Å². The van der Waals surface area contributed by atoms with Crippen LogP contribution in [0.4, 0.5) is 5.69 Å². The molecule has 1 rings (SSSR count). The van der Waals surface area contributed by atoms with Crippen LogP contribution >= 0.6 is 0 Å². The monoisotopic (exact) mass is 427 g/mol. The Kier molecular flexibility index (Phi) is 13.0. The lowest BCUT2D eigenvalue weighted by Gasteiger charge is -2.21. The van der Waals surface area contributed by atoms with E-state index in [2.05, 4.69) is 5.32 Å². The highest BCUT2D eigenvalue weighted by Crippen LogP contribution is 2.24. The van der Waals surface area contributed by atoms with Gasteiger partial charge in [0, 0.05) is 24.9 Å². The molecule has 1 aromatic rings. The van der Waals surface area contributed by atoms with Crippen molar-refractivity contribution in [2.75, 3.05) is 19.2 Å². The highest BCUT2D eigenvalue weighted by molar-refractivity contribution is 5.55. The van der Waals surface area contributed by atoms with Crippen LogP contribution in [-0.2, 0) is 4.74 Å². The topological polar surface area (TPSA) is 111 Å². The number of hydrogen-bond donors (Lipinski definition) is 5. The number of benzene rings is 1. The minimum atomic E-state index is -0.541. The van der Waals surface area contributed by atoms with E-state index in [4.69, 9.17) is 9.47 Å². The highest BCUT2D eigenvalue weighted by Gasteiger charge is 2.15. The number of nitrogens with one attached hydrogen (secondary N) is 1. The smallest absolute Gasteiger partial charge is 0.188 e. The predicted octanol–water partition coefficient (Wildman–Crippen LogP) is 2.97. The molecule has 0 aliphatic carbocycles. The van der Waals surface area contributed by atoms with Gasteiger partial charge < -0.3 is 35.2 Å². The molecule has 0 saturated heterocycles. The zero-order chi connectivity index (χ0) is 22.5. The Morgan fingerprint density at radius 3 is 2.00 bits per heavy atom. The van der Waals surface area contributed by atoms with Crippen LogP contribution in [0.1, 0.15) is 64.4 Å². The van der Waals surface area contributed by atoms with Crippen molar-refractivity contribution in [1.82, 2.24) is 0 Å². The van der Waals surface area contributed by atoms with Gasteiger partial charge in [0.2, 0.25) is 0 Å². The number of rotatable bonds is 16. The Balaban J connectivity index is 2.33. The lowest BCUT2D eigenvalue weighted by molar-refractivity contribution is 0.0511. The Bertz CT molecular complexity index is 583. The van der Waals surface area contributed by atoms with Gasteiger partial charge in [-0.2, -0.15) is 0 Å². The van der Waals surface area contributed by atoms with Gasteiger partial charge in [0.1, 0.15) is 5.75 Å². The summed E-state index contributed by atoms with van der Waals surface area (Å²) in [6.07, 6.45) is 1.67. The molecule has 1 aromatic carbocycles. The van der Waals surface area contributed by atoms with Crippen LogP contribution in [0, 0.1) is 6.92 Å². The summed E-state index contributed by atoms with van der Waals surface area (Å²) in [5.74, 6) is 0.719. The van der Waals surface area contributed by atoms with E-state index in [-0.39, 0.29) is 12.8 Å². The third-order valence-corrected chi connectivity index (χ3v) is 5.16. The molecule has 5 N–H and O–H groups in total. The number of aliphatic hydroxyl groups excluding tert-OH is 4. The molecule has 174 valence electrons. The molecular formula is C23H41NO6. The van der Waals surface area contributed by atoms with Crippen molar-refractivity contribution in [1.29, 1.82) is 0 Å². The van der Waals surface area contributed by atoms with Crippen LogP contribution in [0.25, 0.3) is 0 Å². The second kappa shape index (κ2) is 14.6.